The summed E-state index contributed by atoms with van der Waals surface area (Å²) < 4.78 is 2.57. The van der Waals surface area contributed by atoms with E-state index in [-0.39, 0.29) is 0 Å². The van der Waals surface area contributed by atoms with Crippen LogP contribution in [0.25, 0.3) is 11.3 Å². The van der Waals surface area contributed by atoms with E-state index in [1.165, 1.54) is 0 Å². The summed E-state index contributed by atoms with van der Waals surface area (Å²) in [5.41, 5.74) is 1.91. The summed E-state index contributed by atoms with van der Waals surface area (Å²) in [5.74, 6) is 0.836. The maximum absolute atomic E-state index is 4.44. The highest BCUT2D eigenvalue weighted by Crippen LogP contribution is 2.19. The van der Waals surface area contributed by atoms with E-state index < -0.39 is 0 Å². The standard InChI is InChI=1S/C10H11BrN4/c1-3-10-13-8(4-9(11)14-10)7-5-12-15(2)6-7/h4-6H,3H2,1-2H3. The molecular formula is C10H11BrN4. The zero-order valence-corrected chi connectivity index (χ0v) is 10.2. The topological polar surface area (TPSA) is 43.6 Å². The van der Waals surface area contributed by atoms with Crippen LogP contribution < -0.4 is 0 Å². The van der Waals surface area contributed by atoms with Crippen molar-refractivity contribution in [2.75, 3.05) is 0 Å². The lowest BCUT2D eigenvalue weighted by Crippen LogP contribution is -1.95. The van der Waals surface area contributed by atoms with Crippen molar-refractivity contribution in [2.24, 2.45) is 7.05 Å². The van der Waals surface area contributed by atoms with Gasteiger partial charge in [0.1, 0.15) is 10.4 Å². The van der Waals surface area contributed by atoms with Crippen molar-refractivity contribution in [1.29, 1.82) is 0 Å². The molecule has 0 saturated carbocycles. The predicted octanol–water partition coefficient (Wildman–Crippen LogP) is 2.20. The third-order valence-corrected chi connectivity index (χ3v) is 2.46. The Balaban J connectivity index is 2.48. The van der Waals surface area contributed by atoms with Crippen LogP contribution in [0.3, 0.4) is 0 Å². The molecule has 78 valence electrons. The average molecular weight is 267 g/mol. The second kappa shape index (κ2) is 4.10. The van der Waals surface area contributed by atoms with E-state index in [1.807, 2.05) is 26.2 Å². The molecule has 2 aromatic rings. The lowest BCUT2D eigenvalue weighted by molar-refractivity contribution is 0.768. The van der Waals surface area contributed by atoms with Crippen molar-refractivity contribution >= 4 is 15.9 Å². The highest BCUT2D eigenvalue weighted by Gasteiger charge is 2.05. The number of aromatic nitrogens is 4. The molecule has 0 aliphatic carbocycles. The van der Waals surface area contributed by atoms with Gasteiger partial charge < -0.3 is 0 Å². The minimum absolute atomic E-state index is 0.813. The van der Waals surface area contributed by atoms with E-state index in [2.05, 4.69) is 31.0 Å². The van der Waals surface area contributed by atoms with Gasteiger partial charge in [0.2, 0.25) is 0 Å². The second-order valence-corrected chi connectivity index (χ2v) is 4.06. The third-order valence-electron chi connectivity index (χ3n) is 2.06. The van der Waals surface area contributed by atoms with Gasteiger partial charge >= 0.3 is 0 Å². The normalized spacial score (nSPS) is 10.6. The molecule has 0 amide bonds. The zero-order valence-electron chi connectivity index (χ0n) is 8.61. The number of rotatable bonds is 2. The number of halogens is 1. The first-order valence-electron chi connectivity index (χ1n) is 4.71. The first-order valence-corrected chi connectivity index (χ1v) is 5.51. The molecule has 4 nitrogen and oxygen atoms in total. The van der Waals surface area contributed by atoms with Crippen LogP contribution in [0.5, 0.6) is 0 Å². The Morgan fingerprint density at radius 3 is 2.80 bits per heavy atom. The van der Waals surface area contributed by atoms with Crippen molar-refractivity contribution in [3.8, 4) is 11.3 Å². The van der Waals surface area contributed by atoms with Crippen molar-refractivity contribution in [1.82, 2.24) is 19.7 Å². The van der Waals surface area contributed by atoms with Crippen molar-refractivity contribution in [3.05, 3.63) is 28.9 Å². The molecule has 0 unspecified atom stereocenters. The molecule has 0 spiro atoms. The second-order valence-electron chi connectivity index (χ2n) is 3.25. The number of hydrogen-bond acceptors (Lipinski definition) is 3. The van der Waals surface area contributed by atoms with Crippen molar-refractivity contribution in [2.45, 2.75) is 13.3 Å². The molecule has 2 rings (SSSR count). The summed E-state index contributed by atoms with van der Waals surface area (Å²) in [6, 6.07) is 1.90. The smallest absolute Gasteiger partial charge is 0.130 e. The SMILES string of the molecule is CCc1nc(Br)cc(-c2cnn(C)c2)n1. The third kappa shape index (κ3) is 2.23. The Labute approximate surface area is 96.5 Å². The van der Waals surface area contributed by atoms with Gasteiger partial charge in [-0.15, -0.1) is 0 Å². The van der Waals surface area contributed by atoms with Crippen LogP contribution in [-0.2, 0) is 13.5 Å². The molecule has 0 atom stereocenters. The minimum atomic E-state index is 0.813. The average Bonchev–Trinajstić information content (AvgIpc) is 2.64. The maximum atomic E-state index is 4.44. The van der Waals surface area contributed by atoms with Gasteiger partial charge in [0, 0.05) is 25.2 Å². The fraction of sp³-hybridized carbons (Fsp3) is 0.300. The van der Waals surface area contributed by atoms with Crippen LogP contribution in [0.4, 0.5) is 0 Å². The van der Waals surface area contributed by atoms with Gasteiger partial charge in [0.05, 0.1) is 11.9 Å². The Kier molecular flexibility index (Phi) is 2.81. The van der Waals surface area contributed by atoms with E-state index in [0.717, 1.165) is 28.1 Å². The fourth-order valence-corrected chi connectivity index (χ4v) is 1.75. The number of aryl methyl sites for hydroxylation is 2. The Morgan fingerprint density at radius 2 is 2.20 bits per heavy atom. The van der Waals surface area contributed by atoms with Crippen LogP contribution in [0.15, 0.2) is 23.1 Å². The van der Waals surface area contributed by atoms with E-state index in [1.54, 1.807) is 10.9 Å². The van der Waals surface area contributed by atoms with Gasteiger partial charge in [-0.2, -0.15) is 5.10 Å². The van der Waals surface area contributed by atoms with Crippen LogP contribution in [-0.4, -0.2) is 19.7 Å². The molecule has 0 bridgehead atoms. The molecule has 2 heterocycles. The van der Waals surface area contributed by atoms with Gasteiger partial charge in [0.15, 0.2) is 0 Å². The molecule has 15 heavy (non-hydrogen) atoms. The first-order chi connectivity index (χ1) is 7.19. The van der Waals surface area contributed by atoms with E-state index in [9.17, 15) is 0 Å². The van der Waals surface area contributed by atoms with Crippen LogP contribution in [0.1, 0.15) is 12.7 Å². The largest absolute Gasteiger partial charge is 0.275 e. The molecule has 0 aliphatic rings. The molecule has 0 radical (unpaired) electrons. The van der Waals surface area contributed by atoms with E-state index >= 15 is 0 Å². The molecule has 0 fully saturated rings. The predicted molar refractivity (Wildman–Crippen MR) is 61.3 cm³/mol. The van der Waals surface area contributed by atoms with E-state index in [4.69, 9.17) is 0 Å². The summed E-state index contributed by atoms with van der Waals surface area (Å²) in [6.07, 6.45) is 4.56. The first kappa shape index (κ1) is 10.3. The van der Waals surface area contributed by atoms with Crippen molar-refractivity contribution in [3.63, 3.8) is 0 Å². The molecule has 0 aliphatic heterocycles. The van der Waals surface area contributed by atoms with Gasteiger partial charge in [-0.25, -0.2) is 9.97 Å². The molecule has 5 heteroatoms. The lowest BCUT2D eigenvalue weighted by atomic mass is 10.2. The summed E-state index contributed by atoms with van der Waals surface area (Å²) in [4.78, 5) is 8.70. The fourth-order valence-electron chi connectivity index (χ4n) is 1.32. The van der Waals surface area contributed by atoms with Crippen LogP contribution in [0.2, 0.25) is 0 Å². The van der Waals surface area contributed by atoms with Gasteiger partial charge in [-0.3, -0.25) is 4.68 Å². The van der Waals surface area contributed by atoms with E-state index in [0.29, 0.717) is 0 Å². The Hall–Kier alpha value is -1.23. The summed E-state index contributed by atoms with van der Waals surface area (Å²) in [7, 11) is 1.89. The monoisotopic (exact) mass is 266 g/mol. The number of nitrogens with zero attached hydrogens (tertiary/aromatic N) is 4. The Morgan fingerprint density at radius 1 is 1.40 bits per heavy atom. The maximum Gasteiger partial charge on any atom is 0.130 e. The molecule has 0 aromatic carbocycles. The van der Waals surface area contributed by atoms with Crippen LogP contribution >= 0.6 is 15.9 Å². The highest BCUT2D eigenvalue weighted by atomic mass is 79.9. The van der Waals surface area contributed by atoms with Gasteiger partial charge in [-0.1, -0.05) is 6.92 Å². The quantitative estimate of drug-likeness (QED) is 0.783. The lowest BCUT2D eigenvalue weighted by Gasteiger charge is -2.00. The van der Waals surface area contributed by atoms with Crippen LogP contribution in [0, 0.1) is 0 Å². The summed E-state index contributed by atoms with van der Waals surface area (Å²) in [6.45, 7) is 2.04. The zero-order chi connectivity index (χ0) is 10.8. The summed E-state index contributed by atoms with van der Waals surface area (Å²) in [5, 5.41) is 4.12. The Bertz CT molecular complexity index is 478. The molecular weight excluding hydrogens is 256 g/mol. The molecule has 0 saturated heterocycles. The molecule has 2 aromatic heterocycles. The minimum Gasteiger partial charge on any atom is -0.275 e. The molecule has 0 N–H and O–H groups in total. The highest BCUT2D eigenvalue weighted by molar-refractivity contribution is 9.10. The summed E-state index contributed by atoms with van der Waals surface area (Å²) >= 11 is 3.38. The number of hydrogen-bond donors (Lipinski definition) is 0. The van der Waals surface area contributed by atoms with Crippen molar-refractivity contribution < 1.29 is 0 Å². The van der Waals surface area contributed by atoms with Gasteiger partial charge in [0.25, 0.3) is 0 Å². The van der Waals surface area contributed by atoms with Gasteiger partial charge in [-0.05, 0) is 22.0 Å².